The lowest BCUT2D eigenvalue weighted by Crippen LogP contribution is -2.24. The third-order valence-electron chi connectivity index (χ3n) is 6.12. The smallest absolute Gasteiger partial charge is 0.0487 e. The van der Waals surface area contributed by atoms with Crippen LogP contribution in [0.25, 0.3) is 11.1 Å². The molecule has 0 spiro atoms. The SMILES string of the molecule is C=C/C(=C\C=C(/CCC)NCCc1ccc(-c2ccnc(C)c2)c(Cl)c1)N(CCC)CCC.CNC(C)C. The van der Waals surface area contributed by atoms with E-state index in [0.717, 1.165) is 73.6 Å². The fourth-order valence-electron chi connectivity index (χ4n) is 3.93. The lowest BCUT2D eigenvalue weighted by atomic mass is 10.0. The molecule has 2 N–H and O–H groups in total. The zero-order chi connectivity index (χ0) is 28.3. The predicted molar refractivity (Wildman–Crippen MR) is 169 cm³/mol. The third kappa shape index (κ3) is 12.8. The topological polar surface area (TPSA) is 40.2 Å². The van der Waals surface area contributed by atoms with Gasteiger partial charge in [0, 0.05) is 59.5 Å². The van der Waals surface area contributed by atoms with Gasteiger partial charge in [-0.1, -0.05) is 71.4 Å². The maximum absolute atomic E-state index is 6.61. The molecule has 1 heterocycles. The van der Waals surface area contributed by atoms with Crippen molar-refractivity contribution >= 4 is 11.6 Å². The van der Waals surface area contributed by atoms with Crippen LogP contribution >= 0.6 is 11.6 Å². The van der Waals surface area contributed by atoms with Crippen molar-refractivity contribution in [1.82, 2.24) is 20.5 Å². The van der Waals surface area contributed by atoms with Crippen LogP contribution in [0.3, 0.4) is 0 Å². The van der Waals surface area contributed by atoms with E-state index in [1.54, 1.807) is 0 Å². The highest BCUT2D eigenvalue weighted by Crippen LogP contribution is 2.29. The molecule has 0 saturated carbocycles. The number of aromatic nitrogens is 1. The Kier molecular flexibility index (Phi) is 17.2. The van der Waals surface area contributed by atoms with Crippen LogP contribution in [0.15, 0.2) is 72.7 Å². The molecule has 5 heteroatoms. The van der Waals surface area contributed by atoms with Crippen LogP contribution < -0.4 is 10.6 Å². The first-order valence-electron chi connectivity index (χ1n) is 14.2. The van der Waals surface area contributed by atoms with Gasteiger partial charge >= 0.3 is 0 Å². The van der Waals surface area contributed by atoms with Gasteiger partial charge in [-0.3, -0.25) is 4.98 Å². The van der Waals surface area contributed by atoms with Crippen molar-refractivity contribution in [2.24, 2.45) is 0 Å². The van der Waals surface area contributed by atoms with E-state index in [2.05, 4.69) is 98.1 Å². The lowest BCUT2D eigenvalue weighted by Gasteiger charge is -2.24. The molecular weight excluding hydrogens is 488 g/mol. The van der Waals surface area contributed by atoms with E-state index in [9.17, 15) is 0 Å². The van der Waals surface area contributed by atoms with Crippen molar-refractivity contribution in [3.8, 4) is 11.1 Å². The van der Waals surface area contributed by atoms with Gasteiger partial charge in [0.05, 0.1) is 0 Å². The number of halogens is 1. The highest BCUT2D eigenvalue weighted by molar-refractivity contribution is 6.33. The molecule has 4 nitrogen and oxygen atoms in total. The van der Waals surface area contributed by atoms with E-state index in [1.165, 1.54) is 17.0 Å². The second-order valence-corrected chi connectivity index (χ2v) is 10.3. The number of nitrogens with one attached hydrogen (secondary N) is 2. The molecular formula is C33H51ClN4. The van der Waals surface area contributed by atoms with E-state index >= 15 is 0 Å². The number of rotatable bonds is 15. The molecule has 0 aliphatic carbocycles. The first kappa shape index (κ1) is 33.5. The summed E-state index contributed by atoms with van der Waals surface area (Å²) in [4.78, 5) is 6.69. The maximum Gasteiger partial charge on any atom is 0.0487 e. The second kappa shape index (κ2) is 19.5. The molecule has 38 heavy (non-hydrogen) atoms. The largest absolute Gasteiger partial charge is 0.388 e. The fraction of sp³-hybridized carbons (Fsp3) is 0.485. The van der Waals surface area contributed by atoms with Crippen LogP contribution in [0.2, 0.25) is 5.02 Å². The number of hydrogen-bond donors (Lipinski definition) is 2. The van der Waals surface area contributed by atoms with Gasteiger partial charge < -0.3 is 15.5 Å². The molecule has 1 aromatic carbocycles. The standard InChI is InChI=1S/C29H40ClN3.C4H11N/c1-6-10-26(12-13-27(9-4)33(19-7-2)20-8-3)32-17-15-24-11-14-28(29(30)22-24)25-16-18-31-23(5)21-25;1-4(2)5-3/h9,11-14,16,18,21-22,32H,4,6-8,10,15,17,19-20H2,1-3,5H3;4-5H,1-3H3/b26-12+,27-13+;. The Balaban J connectivity index is 0.00000132. The number of allylic oxidation sites excluding steroid dienone is 4. The summed E-state index contributed by atoms with van der Waals surface area (Å²) in [5, 5.41) is 7.45. The quantitative estimate of drug-likeness (QED) is 0.223. The van der Waals surface area contributed by atoms with Gasteiger partial charge in [-0.15, -0.1) is 0 Å². The summed E-state index contributed by atoms with van der Waals surface area (Å²) in [7, 11) is 1.95. The Labute approximate surface area is 238 Å². The van der Waals surface area contributed by atoms with Gasteiger partial charge in [0.2, 0.25) is 0 Å². The molecule has 0 radical (unpaired) electrons. The summed E-state index contributed by atoms with van der Waals surface area (Å²) >= 11 is 6.61. The van der Waals surface area contributed by atoms with Crippen LogP contribution in [0.5, 0.6) is 0 Å². The molecule has 2 rings (SSSR count). The summed E-state index contributed by atoms with van der Waals surface area (Å²) in [5.41, 5.74) is 6.85. The Morgan fingerprint density at radius 3 is 2.26 bits per heavy atom. The first-order chi connectivity index (χ1) is 18.3. The average Bonchev–Trinajstić information content (AvgIpc) is 2.89. The van der Waals surface area contributed by atoms with Gasteiger partial charge in [-0.25, -0.2) is 0 Å². The Bertz CT molecular complexity index is 1000. The normalized spacial score (nSPS) is 11.7. The van der Waals surface area contributed by atoms with E-state index in [0.29, 0.717) is 6.04 Å². The summed E-state index contributed by atoms with van der Waals surface area (Å²) in [6, 6.07) is 11.1. The molecule has 0 aliphatic rings. The van der Waals surface area contributed by atoms with Crippen molar-refractivity contribution in [1.29, 1.82) is 0 Å². The summed E-state index contributed by atoms with van der Waals surface area (Å²) in [6.45, 7) is 19.9. The van der Waals surface area contributed by atoms with E-state index < -0.39 is 0 Å². The van der Waals surface area contributed by atoms with Gasteiger partial charge in [-0.2, -0.15) is 0 Å². The minimum absolute atomic E-state index is 0.634. The molecule has 210 valence electrons. The summed E-state index contributed by atoms with van der Waals surface area (Å²) < 4.78 is 0. The molecule has 0 aliphatic heterocycles. The summed E-state index contributed by atoms with van der Waals surface area (Å²) in [6.07, 6.45) is 13.6. The van der Waals surface area contributed by atoms with Crippen LogP contribution in [-0.2, 0) is 6.42 Å². The number of benzene rings is 1. The molecule has 1 aromatic heterocycles. The molecule has 0 saturated heterocycles. The van der Waals surface area contributed by atoms with Crippen molar-refractivity contribution in [2.75, 3.05) is 26.7 Å². The predicted octanol–water partition coefficient (Wildman–Crippen LogP) is 8.33. The monoisotopic (exact) mass is 538 g/mol. The van der Waals surface area contributed by atoms with Crippen molar-refractivity contribution in [2.45, 2.75) is 79.7 Å². The lowest BCUT2D eigenvalue weighted by molar-refractivity contribution is 0.355. The fourth-order valence-corrected chi connectivity index (χ4v) is 4.24. The number of pyridine rings is 1. The van der Waals surface area contributed by atoms with Gasteiger partial charge in [0.15, 0.2) is 0 Å². The van der Waals surface area contributed by atoms with Crippen LogP contribution in [-0.4, -0.2) is 42.6 Å². The zero-order valence-electron chi connectivity index (χ0n) is 24.9. The molecule has 0 atom stereocenters. The van der Waals surface area contributed by atoms with Crippen LogP contribution in [0.4, 0.5) is 0 Å². The van der Waals surface area contributed by atoms with Crippen LogP contribution in [0.1, 0.15) is 71.6 Å². The average molecular weight is 539 g/mol. The summed E-state index contributed by atoms with van der Waals surface area (Å²) in [5.74, 6) is 0. The minimum atomic E-state index is 0.634. The van der Waals surface area contributed by atoms with Crippen molar-refractivity contribution in [3.63, 3.8) is 0 Å². The maximum atomic E-state index is 6.61. The minimum Gasteiger partial charge on any atom is -0.388 e. The molecule has 0 bridgehead atoms. The highest BCUT2D eigenvalue weighted by Gasteiger charge is 2.07. The number of hydrogen-bond acceptors (Lipinski definition) is 4. The van der Waals surface area contributed by atoms with Crippen LogP contribution in [0, 0.1) is 6.92 Å². The Morgan fingerprint density at radius 1 is 1.05 bits per heavy atom. The second-order valence-electron chi connectivity index (χ2n) is 9.84. The molecule has 0 unspecified atom stereocenters. The molecule has 2 aromatic rings. The third-order valence-corrected chi connectivity index (χ3v) is 6.43. The van der Waals surface area contributed by atoms with Gasteiger partial charge in [-0.05, 0) is 87.2 Å². The molecule has 0 amide bonds. The van der Waals surface area contributed by atoms with Gasteiger partial charge in [0.1, 0.15) is 0 Å². The Morgan fingerprint density at radius 2 is 1.74 bits per heavy atom. The number of nitrogens with zero attached hydrogens (tertiary/aromatic N) is 2. The van der Waals surface area contributed by atoms with E-state index in [1.807, 2.05) is 32.3 Å². The Hall–Kier alpha value is -2.56. The highest BCUT2D eigenvalue weighted by atomic mass is 35.5. The van der Waals surface area contributed by atoms with E-state index in [4.69, 9.17) is 11.6 Å². The van der Waals surface area contributed by atoms with Crippen molar-refractivity contribution < 1.29 is 0 Å². The first-order valence-corrected chi connectivity index (χ1v) is 14.6. The van der Waals surface area contributed by atoms with Gasteiger partial charge in [0.25, 0.3) is 0 Å². The molecule has 0 fully saturated rings. The van der Waals surface area contributed by atoms with E-state index in [-0.39, 0.29) is 0 Å². The number of aryl methyl sites for hydroxylation is 1. The zero-order valence-corrected chi connectivity index (χ0v) is 25.7. The van der Waals surface area contributed by atoms with Crippen molar-refractivity contribution in [3.05, 3.63) is 89.0 Å².